The van der Waals surface area contributed by atoms with Crippen molar-refractivity contribution in [3.05, 3.63) is 63.1 Å². The highest BCUT2D eigenvalue weighted by atomic mass is 79.9. The predicted octanol–water partition coefficient (Wildman–Crippen LogP) is 4.21. The molecule has 0 saturated carbocycles. The molecule has 2 rings (SSSR count). The summed E-state index contributed by atoms with van der Waals surface area (Å²) in [7, 11) is 0. The maximum absolute atomic E-state index is 11.9. The van der Waals surface area contributed by atoms with Crippen LogP contribution in [-0.4, -0.2) is 18.5 Å². The fourth-order valence-corrected chi connectivity index (χ4v) is 2.46. The van der Waals surface area contributed by atoms with Crippen LogP contribution in [0.5, 0.6) is 0 Å². The van der Waals surface area contributed by atoms with Crippen molar-refractivity contribution < 1.29 is 14.3 Å². The molecule has 4 nitrogen and oxygen atoms in total. The van der Waals surface area contributed by atoms with Gasteiger partial charge in [0.25, 0.3) is 5.91 Å². The summed E-state index contributed by atoms with van der Waals surface area (Å²) in [4.78, 5) is 23.7. The van der Waals surface area contributed by atoms with Gasteiger partial charge in [-0.2, -0.15) is 0 Å². The van der Waals surface area contributed by atoms with E-state index in [2.05, 4.69) is 21.2 Å². The fourth-order valence-electron chi connectivity index (χ4n) is 1.79. The molecule has 1 amide bonds. The van der Waals surface area contributed by atoms with Gasteiger partial charge in [0.1, 0.15) is 0 Å². The second-order valence-corrected chi connectivity index (χ2v) is 5.85. The minimum Gasteiger partial charge on any atom is -0.452 e. The zero-order valence-corrected chi connectivity index (χ0v) is 14.1. The lowest BCUT2D eigenvalue weighted by atomic mass is 10.2. The number of ether oxygens (including phenoxy) is 1. The molecule has 6 heteroatoms. The topological polar surface area (TPSA) is 55.4 Å². The van der Waals surface area contributed by atoms with E-state index in [0.29, 0.717) is 20.7 Å². The van der Waals surface area contributed by atoms with E-state index in [1.54, 1.807) is 42.5 Å². The van der Waals surface area contributed by atoms with Gasteiger partial charge in [0.2, 0.25) is 0 Å². The Balaban J connectivity index is 1.93. The molecule has 0 heterocycles. The summed E-state index contributed by atoms with van der Waals surface area (Å²) in [6.45, 7) is 1.47. The number of anilines is 1. The van der Waals surface area contributed by atoms with Gasteiger partial charge in [-0.25, -0.2) is 4.79 Å². The Kier molecular flexibility index (Phi) is 5.57. The Morgan fingerprint density at radius 3 is 2.64 bits per heavy atom. The van der Waals surface area contributed by atoms with Crippen molar-refractivity contribution in [1.82, 2.24) is 0 Å². The molecule has 2 aromatic carbocycles. The summed E-state index contributed by atoms with van der Waals surface area (Å²) >= 11 is 9.11. The van der Waals surface area contributed by atoms with E-state index in [-0.39, 0.29) is 6.61 Å². The summed E-state index contributed by atoms with van der Waals surface area (Å²) in [5.41, 5.74) is 1.84. The maximum atomic E-state index is 11.9. The smallest absolute Gasteiger partial charge is 0.339 e. The van der Waals surface area contributed by atoms with E-state index < -0.39 is 11.9 Å². The largest absolute Gasteiger partial charge is 0.452 e. The molecule has 0 aliphatic carbocycles. The van der Waals surface area contributed by atoms with Gasteiger partial charge in [-0.05, 0) is 58.7 Å². The van der Waals surface area contributed by atoms with Crippen molar-refractivity contribution >= 4 is 45.1 Å². The van der Waals surface area contributed by atoms with Crippen LogP contribution in [0.2, 0.25) is 5.02 Å². The molecule has 114 valence electrons. The van der Waals surface area contributed by atoms with Gasteiger partial charge in [0.05, 0.1) is 5.56 Å². The summed E-state index contributed by atoms with van der Waals surface area (Å²) in [6, 6.07) is 12.0. The monoisotopic (exact) mass is 381 g/mol. The summed E-state index contributed by atoms with van der Waals surface area (Å²) in [6.07, 6.45) is 0. The molecule has 0 fully saturated rings. The standard InChI is InChI=1S/C16H13BrClNO3/c1-10-8-11(18)6-7-14(10)19-15(20)9-22-16(21)12-4-2-3-5-13(12)17/h2-8H,9H2,1H3,(H,19,20). The number of hydrogen-bond donors (Lipinski definition) is 1. The molecular weight excluding hydrogens is 370 g/mol. The van der Waals surface area contributed by atoms with Gasteiger partial charge in [-0.3, -0.25) is 4.79 Å². The van der Waals surface area contributed by atoms with Gasteiger partial charge in [-0.1, -0.05) is 23.7 Å². The van der Waals surface area contributed by atoms with E-state index in [1.807, 2.05) is 6.92 Å². The number of nitrogens with one attached hydrogen (secondary N) is 1. The van der Waals surface area contributed by atoms with Crippen LogP contribution in [0.15, 0.2) is 46.9 Å². The number of carbonyl (C=O) groups excluding carboxylic acids is 2. The molecule has 0 bridgehead atoms. The van der Waals surface area contributed by atoms with Crippen molar-refractivity contribution in [2.24, 2.45) is 0 Å². The number of esters is 1. The van der Waals surface area contributed by atoms with Crippen LogP contribution >= 0.6 is 27.5 Å². The van der Waals surface area contributed by atoms with Gasteiger partial charge in [0, 0.05) is 15.2 Å². The summed E-state index contributed by atoms with van der Waals surface area (Å²) in [5.74, 6) is -0.971. The molecule has 0 radical (unpaired) electrons. The molecule has 22 heavy (non-hydrogen) atoms. The Labute approximate surface area is 141 Å². The van der Waals surface area contributed by atoms with Crippen molar-refractivity contribution in [2.75, 3.05) is 11.9 Å². The maximum Gasteiger partial charge on any atom is 0.339 e. The first-order chi connectivity index (χ1) is 10.5. The third-order valence-electron chi connectivity index (χ3n) is 2.89. The van der Waals surface area contributed by atoms with E-state index in [4.69, 9.17) is 16.3 Å². The lowest BCUT2D eigenvalue weighted by molar-refractivity contribution is -0.119. The predicted molar refractivity (Wildman–Crippen MR) is 89.2 cm³/mol. The van der Waals surface area contributed by atoms with Crippen molar-refractivity contribution in [3.63, 3.8) is 0 Å². The summed E-state index contributed by atoms with van der Waals surface area (Å²) < 4.78 is 5.62. The Hall–Kier alpha value is -1.85. The van der Waals surface area contributed by atoms with Gasteiger partial charge >= 0.3 is 5.97 Å². The Morgan fingerprint density at radius 1 is 1.23 bits per heavy atom. The normalized spacial score (nSPS) is 10.1. The molecule has 0 spiro atoms. The molecule has 0 unspecified atom stereocenters. The fraction of sp³-hybridized carbons (Fsp3) is 0.125. The van der Waals surface area contributed by atoms with E-state index in [1.165, 1.54) is 0 Å². The van der Waals surface area contributed by atoms with Gasteiger partial charge < -0.3 is 10.1 Å². The molecule has 1 N–H and O–H groups in total. The highest BCUT2D eigenvalue weighted by molar-refractivity contribution is 9.10. The number of hydrogen-bond acceptors (Lipinski definition) is 3. The van der Waals surface area contributed by atoms with Crippen molar-refractivity contribution in [1.29, 1.82) is 0 Å². The zero-order valence-electron chi connectivity index (χ0n) is 11.7. The van der Waals surface area contributed by atoms with Crippen LogP contribution in [0.1, 0.15) is 15.9 Å². The zero-order chi connectivity index (χ0) is 16.1. The molecule has 0 saturated heterocycles. The molecule has 0 aromatic heterocycles. The highest BCUT2D eigenvalue weighted by Crippen LogP contribution is 2.20. The number of halogens is 2. The summed E-state index contributed by atoms with van der Waals surface area (Å²) in [5, 5.41) is 3.27. The number of aryl methyl sites for hydroxylation is 1. The second-order valence-electron chi connectivity index (χ2n) is 4.56. The average molecular weight is 383 g/mol. The Morgan fingerprint density at radius 2 is 1.95 bits per heavy atom. The SMILES string of the molecule is Cc1cc(Cl)ccc1NC(=O)COC(=O)c1ccccc1Br. The molecule has 0 atom stereocenters. The first kappa shape index (κ1) is 16.5. The van der Waals surface area contributed by atoms with Crippen LogP contribution in [0.4, 0.5) is 5.69 Å². The van der Waals surface area contributed by atoms with Crippen molar-refractivity contribution in [2.45, 2.75) is 6.92 Å². The van der Waals surface area contributed by atoms with Gasteiger partial charge in [0.15, 0.2) is 6.61 Å². The first-order valence-corrected chi connectivity index (χ1v) is 7.62. The molecule has 0 aliphatic rings. The Bertz CT molecular complexity index is 718. The van der Waals surface area contributed by atoms with Crippen LogP contribution < -0.4 is 5.32 Å². The molecular formula is C16H13BrClNO3. The van der Waals surface area contributed by atoms with Gasteiger partial charge in [-0.15, -0.1) is 0 Å². The average Bonchev–Trinajstić information content (AvgIpc) is 2.48. The minimum absolute atomic E-state index is 0.359. The second kappa shape index (κ2) is 7.42. The molecule has 2 aromatic rings. The lowest BCUT2D eigenvalue weighted by Gasteiger charge is -2.09. The number of benzene rings is 2. The highest BCUT2D eigenvalue weighted by Gasteiger charge is 2.13. The van der Waals surface area contributed by atoms with Crippen LogP contribution in [0, 0.1) is 6.92 Å². The first-order valence-electron chi connectivity index (χ1n) is 6.45. The lowest BCUT2D eigenvalue weighted by Crippen LogP contribution is -2.21. The third kappa shape index (κ3) is 4.32. The minimum atomic E-state index is -0.560. The van der Waals surface area contributed by atoms with Crippen LogP contribution in [0.3, 0.4) is 0 Å². The van der Waals surface area contributed by atoms with Crippen molar-refractivity contribution in [3.8, 4) is 0 Å². The van der Waals surface area contributed by atoms with E-state index in [0.717, 1.165) is 5.56 Å². The number of carbonyl (C=O) groups is 2. The van der Waals surface area contributed by atoms with E-state index in [9.17, 15) is 9.59 Å². The van der Waals surface area contributed by atoms with Crippen LogP contribution in [-0.2, 0) is 9.53 Å². The third-order valence-corrected chi connectivity index (χ3v) is 3.82. The number of rotatable bonds is 4. The van der Waals surface area contributed by atoms with Crippen LogP contribution in [0.25, 0.3) is 0 Å². The number of amides is 1. The van der Waals surface area contributed by atoms with E-state index >= 15 is 0 Å². The quantitative estimate of drug-likeness (QED) is 0.806. The molecule has 0 aliphatic heterocycles.